The van der Waals surface area contributed by atoms with E-state index in [1.165, 1.54) is 0 Å². The molecule has 17 heavy (non-hydrogen) atoms. The molecule has 0 aliphatic carbocycles. The van der Waals surface area contributed by atoms with E-state index in [0.717, 1.165) is 11.4 Å². The zero-order valence-corrected chi connectivity index (χ0v) is 10.6. The van der Waals surface area contributed by atoms with Crippen LogP contribution in [0.5, 0.6) is 0 Å². The Morgan fingerprint density at radius 2 is 1.29 bits per heavy atom. The lowest BCUT2D eigenvalue weighted by Crippen LogP contribution is -2.31. The second-order valence-electron chi connectivity index (χ2n) is 3.41. The Balaban J connectivity index is 2.43. The van der Waals surface area contributed by atoms with Gasteiger partial charge in [-0.1, -0.05) is 36.4 Å². The molecule has 0 aliphatic heterocycles. The first-order valence-electron chi connectivity index (χ1n) is 5.14. The molecule has 0 aromatic heterocycles. The third-order valence-corrected chi connectivity index (χ3v) is 2.89. The van der Waals surface area contributed by atoms with Gasteiger partial charge in [0.2, 0.25) is 0 Å². The van der Waals surface area contributed by atoms with E-state index in [4.69, 9.17) is 24.0 Å². The third kappa shape index (κ3) is 2.75. The summed E-state index contributed by atoms with van der Waals surface area (Å²) in [6.07, 6.45) is 0. The van der Waals surface area contributed by atoms with E-state index in [-0.39, 0.29) is 0 Å². The fourth-order valence-corrected chi connectivity index (χ4v) is 1.88. The highest BCUT2D eigenvalue weighted by molar-refractivity contribution is 7.80. The summed E-state index contributed by atoms with van der Waals surface area (Å²) in [5, 5.41) is 0.448. The monoisotopic (exact) mass is 262 g/mol. The largest absolute Gasteiger partial charge is 0.287 e. The summed E-state index contributed by atoms with van der Waals surface area (Å²) in [5.41, 5.74) is 1.94. The second-order valence-corrected chi connectivity index (χ2v) is 3.98. The molecule has 0 radical (unpaired) electrons. The molecule has 2 aromatic carbocycles. The maximum absolute atomic E-state index is 5.61. The molecule has 0 fully saturated rings. The summed E-state index contributed by atoms with van der Waals surface area (Å²) in [6, 6.07) is 19.7. The maximum atomic E-state index is 5.61. The Bertz CT molecular complexity index is 448. The van der Waals surface area contributed by atoms with Gasteiger partial charge in [0, 0.05) is 23.2 Å². The molecular weight excluding hydrogens is 252 g/mol. The quantitative estimate of drug-likeness (QED) is 0.654. The number of hydrogen-bond donors (Lipinski definition) is 1. The van der Waals surface area contributed by atoms with Gasteiger partial charge in [0.15, 0.2) is 5.11 Å². The molecule has 0 spiro atoms. The van der Waals surface area contributed by atoms with Gasteiger partial charge in [-0.2, -0.15) is 0 Å². The lowest BCUT2D eigenvalue weighted by molar-refractivity contribution is 1.30. The molecule has 0 bridgehead atoms. The summed E-state index contributed by atoms with van der Waals surface area (Å²) < 4.78 is 0. The van der Waals surface area contributed by atoms with Crippen molar-refractivity contribution in [2.24, 2.45) is 0 Å². The summed E-state index contributed by atoms with van der Waals surface area (Å²) >= 11 is 10.8. The fourth-order valence-electron chi connectivity index (χ4n) is 1.58. The first-order chi connectivity index (χ1) is 8.33. The number of para-hydroxylation sites is 2. The molecule has 86 valence electrons. The first kappa shape index (κ1) is 11.9. The van der Waals surface area contributed by atoms with Crippen molar-refractivity contribution < 1.29 is 0 Å². The Morgan fingerprint density at radius 1 is 0.882 bits per heavy atom. The number of rotatable bonds is 2. The molecule has 0 unspecified atom stereocenters. The molecule has 1 N–H and O–H groups in total. The molecule has 2 aromatic rings. The van der Waals surface area contributed by atoms with Crippen molar-refractivity contribution in [3.8, 4) is 0 Å². The molecule has 0 heterocycles. The second kappa shape index (κ2) is 5.66. The summed E-state index contributed by atoms with van der Waals surface area (Å²) in [7, 11) is 0. The number of nitrogens with zero attached hydrogens (tertiary/aromatic N) is 1. The Kier molecular flexibility index (Phi) is 3.96. The fraction of sp³-hybridized carbons (Fsp3) is 0. The van der Waals surface area contributed by atoms with Gasteiger partial charge in [-0.15, -0.1) is 0 Å². The minimum Gasteiger partial charge on any atom is -0.287 e. The molecule has 0 amide bonds. The molecule has 2 nitrogen and oxygen atoms in total. The smallest absolute Gasteiger partial charge is 0.192 e. The van der Waals surface area contributed by atoms with Crippen LogP contribution in [-0.2, 0) is 0 Å². The van der Waals surface area contributed by atoms with Crippen LogP contribution in [0.2, 0.25) is 0 Å². The zero-order valence-electron chi connectivity index (χ0n) is 9.01. The molecule has 0 saturated heterocycles. The SMILES string of the molecule is S=C(NCl)N(c1ccccc1)c1ccccc1. The van der Waals surface area contributed by atoms with Crippen LogP contribution < -0.4 is 9.74 Å². The van der Waals surface area contributed by atoms with Crippen LogP contribution in [-0.4, -0.2) is 5.11 Å². The highest BCUT2D eigenvalue weighted by Gasteiger charge is 2.12. The lowest BCUT2D eigenvalue weighted by Gasteiger charge is -2.24. The zero-order chi connectivity index (χ0) is 12.1. The van der Waals surface area contributed by atoms with E-state index in [1.807, 2.05) is 65.6 Å². The van der Waals surface area contributed by atoms with Crippen molar-refractivity contribution in [3.63, 3.8) is 0 Å². The third-order valence-electron chi connectivity index (χ3n) is 2.31. The van der Waals surface area contributed by atoms with Gasteiger partial charge < -0.3 is 0 Å². The highest BCUT2D eigenvalue weighted by atomic mass is 35.5. The van der Waals surface area contributed by atoms with E-state index >= 15 is 0 Å². The van der Waals surface area contributed by atoms with Crippen molar-refractivity contribution >= 4 is 40.5 Å². The number of hydrogen-bond acceptors (Lipinski definition) is 1. The molecule has 0 saturated carbocycles. The van der Waals surface area contributed by atoms with E-state index in [9.17, 15) is 0 Å². The Hall–Kier alpha value is -1.58. The van der Waals surface area contributed by atoms with Gasteiger partial charge in [-0.25, -0.2) is 0 Å². The van der Waals surface area contributed by atoms with Gasteiger partial charge in [-0.05, 0) is 36.5 Å². The van der Waals surface area contributed by atoms with Crippen LogP contribution in [0, 0.1) is 0 Å². The summed E-state index contributed by atoms with van der Waals surface area (Å²) in [4.78, 5) is 4.37. The van der Waals surface area contributed by atoms with Crippen LogP contribution in [0.15, 0.2) is 60.7 Å². The van der Waals surface area contributed by atoms with Crippen molar-refractivity contribution in [2.75, 3.05) is 4.90 Å². The Morgan fingerprint density at radius 3 is 1.65 bits per heavy atom. The van der Waals surface area contributed by atoms with E-state index in [0.29, 0.717) is 5.11 Å². The number of benzene rings is 2. The van der Waals surface area contributed by atoms with Gasteiger partial charge in [0.1, 0.15) is 0 Å². The summed E-state index contributed by atoms with van der Waals surface area (Å²) in [6.45, 7) is 0. The average Bonchev–Trinajstić information content (AvgIpc) is 2.41. The number of anilines is 2. The number of halogens is 1. The minimum absolute atomic E-state index is 0.448. The van der Waals surface area contributed by atoms with Gasteiger partial charge >= 0.3 is 0 Å². The average molecular weight is 263 g/mol. The molecule has 0 atom stereocenters. The van der Waals surface area contributed by atoms with E-state index < -0.39 is 0 Å². The van der Waals surface area contributed by atoms with Gasteiger partial charge in [0.05, 0.1) is 0 Å². The van der Waals surface area contributed by atoms with E-state index in [2.05, 4.69) is 4.84 Å². The normalized spacial score (nSPS) is 9.71. The van der Waals surface area contributed by atoms with Crippen molar-refractivity contribution in [3.05, 3.63) is 60.7 Å². The lowest BCUT2D eigenvalue weighted by atomic mass is 10.2. The van der Waals surface area contributed by atoms with Crippen LogP contribution in [0.3, 0.4) is 0 Å². The molecule has 2 rings (SSSR count). The minimum atomic E-state index is 0.448. The molecule has 0 aliphatic rings. The standard InChI is InChI=1S/C13H11ClN2S/c14-15-13(17)16(11-7-3-1-4-8-11)12-9-5-2-6-10-12/h1-10H,(H,15,17). The number of nitrogens with one attached hydrogen (secondary N) is 1. The van der Waals surface area contributed by atoms with Crippen LogP contribution in [0.1, 0.15) is 0 Å². The first-order valence-corrected chi connectivity index (χ1v) is 5.92. The van der Waals surface area contributed by atoms with Crippen LogP contribution in [0.4, 0.5) is 11.4 Å². The van der Waals surface area contributed by atoms with Crippen molar-refractivity contribution in [2.45, 2.75) is 0 Å². The Labute approximate surface area is 111 Å². The van der Waals surface area contributed by atoms with Gasteiger partial charge in [0.25, 0.3) is 0 Å². The van der Waals surface area contributed by atoms with E-state index in [1.54, 1.807) is 0 Å². The number of thiocarbonyl (C=S) groups is 1. The van der Waals surface area contributed by atoms with Crippen LogP contribution >= 0.6 is 24.0 Å². The summed E-state index contributed by atoms with van der Waals surface area (Å²) in [5.74, 6) is 0. The van der Waals surface area contributed by atoms with Gasteiger partial charge in [-0.3, -0.25) is 9.74 Å². The molecular formula is C13H11ClN2S. The van der Waals surface area contributed by atoms with Crippen LogP contribution in [0.25, 0.3) is 0 Å². The van der Waals surface area contributed by atoms with Crippen molar-refractivity contribution in [1.29, 1.82) is 0 Å². The molecule has 4 heteroatoms. The predicted octanol–water partition coefficient (Wildman–Crippen LogP) is 3.85. The maximum Gasteiger partial charge on any atom is 0.192 e. The predicted molar refractivity (Wildman–Crippen MR) is 76.6 cm³/mol. The van der Waals surface area contributed by atoms with Crippen molar-refractivity contribution in [1.82, 2.24) is 4.84 Å². The highest BCUT2D eigenvalue weighted by Crippen LogP contribution is 2.24. The topological polar surface area (TPSA) is 15.3 Å².